The Morgan fingerprint density at radius 1 is 1.25 bits per heavy atom. The maximum Gasteiger partial charge on any atom is 0.226 e. The molecule has 3 nitrogen and oxygen atoms in total. The quantitative estimate of drug-likeness (QED) is 0.906. The van der Waals surface area contributed by atoms with E-state index in [1.165, 1.54) is 12.1 Å². The molecule has 1 amide bonds. The molecule has 3 N–H and O–H groups in total. The minimum atomic E-state index is -0.450. The van der Waals surface area contributed by atoms with E-state index in [0.717, 1.165) is 11.6 Å². The van der Waals surface area contributed by atoms with Gasteiger partial charge in [-0.05, 0) is 23.8 Å². The number of halogens is 2. The monoisotopic (exact) mass is 292 g/mol. The second-order valence-corrected chi connectivity index (χ2v) is 4.80. The number of benzene rings is 2. The van der Waals surface area contributed by atoms with Gasteiger partial charge in [-0.15, -0.1) is 0 Å². The van der Waals surface area contributed by atoms with E-state index in [0.29, 0.717) is 5.69 Å². The lowest BCUT2D eigenvalue weighted by Gasteiger charge is -2.12. The smallest absolute Gasteiger partial charge is 0.226 e. The van der Waals surface area contributed by atoms with Crippen LogP contribution in [0.4, 0.5) is 10.1 Å². The van der Waals surface area contributed by atoms with Crippen LogP contribution in [0.3, 0.4) is 0 Å². The second kappa shape index (κ2) is 6.50. The van der Waals surface area contributed by atoms with Crippen molar-refractivity contribution in [3.05, 3.63) is 64.9 Å². The molecule has 2 aromatic carbocycles. The average Bonchev–Trinajstić information content (AvgIpc) is 2.43. The summed E-state index contributed by atoms with van der Waals surface area (Å²) in [5.41, 5.74) is 7.21. The van der Waals surface area contributed by atoms with Crippen molar-refractivity contribution in [2.45, 2.75) is 12.5 Å². The van der Waals surface area contributed by atoms with Crippen LogP contribution >= 0.6 is 11.6 Å². The Morgan fingerprint density at radius 3 is 2.60 bits per heavy atom. The average molecular weight is 293 g/mol. The topological polar surface area (TPSA) is 55.1 Å². The minimum absolute atomic E-state index is 0.123. The third kappa shape index (κ3) is 3.79. The molecular weight excluding hydrogens is 279 g/mol. The SMILES string of the molecule is NC(CC(=O)Nc1ccc(F)cc1Cl)c1ccccc1. The molecule has 0 aliphatic carbocycles. The summed E-state index contributed by atoms with van der Waals surface area (Å²) in [7, 11) is 0. The van der Waals surface area contributed by atoms with E-state index in [4.69, 9.17) is 17.3 Å². The number of nitrogens with one attached hydrogen (secondary N) is 1. The number of amides is 1. The molecule has 0 saturated heterocycles. The summed E-state index contributed by atoms with van der Waals surface area (Å²) < 4.78 is 12.9. The normalized spacial score (nSPS) is 11.9. The predicted molar refractivity (Wildman–Crippen MR) is 78.0 cm³/mol. The minimum Gasteiger partial charge on any atom is -0.325 e. The molecule has 0 aliphatic heterocycles. The third-order valence-electron chi connectivity index (χ3n) is 2.84. The van der Waals surface area contributed by atoms with Crippen molar-refractivity contribution in [2.75, 3.05) is 5.32 Å². The number of hydrogen-bond donors (Lipinski definition) is 2. The molecule has 0 radical (unpaired) electrons. The van der Waals surface area contributed by atoms with Gasteiger partial charge in [-0.3, -0.25) is 4.79 Å². The highest BCUT2D eigenvalue weighted by Crippen LogP contribution is 2.23. The van der Waals surface area contributed by atoms with Crippen molar-refractivity contribution in [2.24, 2.45) is 5.73 Å². The van der Waals surface area contributed by atoms with E-state index in [1.54, 1.807) is 0 Å². The van der Waals surface area contributed by atoms with Crippen molar-refractivity contribution in [1.82, 2.24) is 0 Å². The van der Waals surface area contributed by atoms with E-state index in [1.807, 2.05) is 30.3 Å². The second-order valence-electron chi connectivity index (χ2n) is 4.39. The Kier molecular flexibility index (Phi) is 4.71. The number of nitrogens with two attached hydrogens (primary N) is 1. The summed E-state index contributed by atoms with van der Waals surface area (Å²) >= 11 is 5.84. The zero-order valence-electron chi connectivity index (χ0n) is 10.6. The highest BCUT2D eigenvalue weighted by atomic mass is 35.5. The zero-order chi connectivity index (χ0) is 14.5. The van der Waals surface area contributed by atoms with Crippen molar-refractivity contribution in [3.8, 4) is 0 Å². The largest absolute Gasteiger partial charge is 0.325 e. The van der Waals surface area contributed by atoms with Gasteiger partial charge in [-0.1, -0.05) is 41.9 Å². The molecule has 0 spiro atoms. The maximum atomic E-state index is 12.9. The fraction of sp³-hybridized carbons (Fsp3) is 0.133. The van der Waals surface area contributed by atoms with Crippen LogP contribution in [0.1, 0.15) is 18.0 Å². The van der Waals surface area contributed by atoms with Gasteiger partial charge in [0, 0.05) is 12.5 Å². The molecule has 104 valence electrons. The molecule has 1 unspecified atom stereocenters. The highest BCUT2D eigenvalue weighted by Gasteiger charge is 2.12. The van der Waals surface area contributed by atoms with Gasteiger partial charge < -0.3 is 11.1 Å². The number of rotatable bonds is 4. The molecule has 0 fully saturated rings. The Bertz CT molecular complexity index is 604. The van der Waals surface area contributed by atoms with Crippen molar-refractivity contribution in [3.63, 3.8) is 0 Å². The van der Waals surface area contributed by atoms with E-state index in [9.17, 15) is 9.18 Å². The maximum absolute atomic E-state index is 12.9. The van der Waals surface area contributed by atoms with Crippen LogP contribution in [0, 0.1) is 5.82 Å². The molecule has 0 heterocycles. The lowest BCUT2D eigenvalue weighted by atomic mass is 10.0. The summed E-state index contributed by atoms with van der Waals surface area (Å²) in [5.74, 6) is -0.719. The Morgan fingerprint density at radius 2 is 1.95 bits per heavy atom. The van der Waals surface area contributed by atoms with Gasteiger partial charge in [0.25, 0.3) is 0 Å². The van der Waals surface area contributed by atoms with Gasteiger partial charge in [0.15, 0.2) is 0 Å². The van der Waals surface area contributed by atoms with Crippen molar-refractivity contribution >= 4 is 23.2 Å². The third-order valence-corrected chi connectivity index (χ3v) is 3.15. The van der Waals surface area contributed by atoms with Gasteiger partial charge in [-0.25, -0.2) is 4.39 Å². The van der Waals surface area contributed by atoms with E-state index in [-0.39, 0.29) is 17.4 Å². The number of hydrogen-bond acceptors (Lipinski definition) is 2. The summed E-state index contributed by atoms with van der Waals surface area (Å²) in [6.07, 6.45) is 0.123. The zero-order valence-corrected chi connectivity index (χ0v) is 11.4. The van der Waals surface area contributed by atoms with Gasteiger partial charge in [0.2, 0.25) is 5.91 Å². The van der Waals surface area contributed by atoms with Crippen molar-refractivity contribution < 1.29 is 9.18 Å². The lowest BCUT2D eigenvalue weighted by molar-refractivity contribution is -0.116. The number of anilines is 1. The molecule has 0 aliphatic rings. The molecule has 0 saturated carbocycles. The first-order chi connectivity index (χ1) is 9.56. The van der Waals surface area contributed by atoms with Crippen LogP contribution in [0.5, 0.6) is 0 Å². The van der Waals surface area contributed by atoms with Gasteiger partial charge >= 0.3 is 0 Å². The fourth-order valence-corrected chi connectivity index (χ4v) is 2.02. The summed E-state index contributed by atoms with van der Waals surface area (Å²) in [4.78, 5) is 11.9. The molecule has 2 aromatic rings. The van der Waals surface area contributed by atoms with E-state index in [2.05, 4.69) is 5.32 Å². The van der Waals surface area contributed by atoms with Crippen LogP contribution in [0.25, 0.3) is 0 Å². The van der Waals surface area contributed by atoms with E-state index >= 15 is 0 Å². The van der Waals surface area contributed by atoms with Crippen molar-refractivity contribution in [1.29, 1.82) is 0 Å². The lowest BCUT2D eigenvalue weighted by Crippen LogP contribution is -2.20. The Hall–Kier alpha value is -1.91. The van der Waals surface area contributed by atoms with Crippen LogP contribution in [0.2, 0.25) is 5.02 Å². The number of carbonyl (C=O) groups is 1. The Labute approximate surface area is 121 Å². The number of carbonyl (C=O) groups excluding carboxylic acids is 1. The summed E-state index contributed by atoms with van der Waals surface area (Å²) in [6, 6.07) is 12.8. The molecule has 20 heavy (non-hydrogen) atoms. The standard InChI is InChI=1S/C15H14ClFN2O/c16-12-8-11(17)6-7-14(12)19-15(20)9-13(18)10-4-2-1-3-5-10/h1-8,13H,9,18H2,(H,19,20). The van der Waals surface area contributed by atoms with Crippen LogP contribution in [-0.4, -0.2) is 5.91 Å². The summed E-state index contributed by atoms with van der Waals surface area (Å²) in [6.45, 7) is 0. The summed E-state index contributed by atoms with van der Waals surface area (Å²) in [5, 5.41) is 2.78. The van der Waals surface area contributed by atoms with Gasteiger partial charge in [0.05, 0.1) is 10.7 Å². The fourth-order valence-electron chi connectivity index (χ4n) is 1.81. The highest BCUT2D eigenvalue weighted by molar-refractivity contribution is 6.33. The van der Waals surface area contributed by atoms with Gasteiger partial charge in [0.1, 0.15) is 5.82 Å². The molecule has 0 aromatic heterocycles. The van der Waals surface area contributed by atoms with Crippen LogP contribution in [0.15, 0.2) is 48.5 Å². The van der Waals surface area contributed by atoms with E-state index < -0.39 is 11.9 Å². The molecule has 1 atom stereocenters. The first-order valence-corrected chi connectivity index (χ1v) is 6.49. The molecule has 0 bridgehead atoms. The predicted octanol–water partition coefficient (Wildman–Crippen LogP) is 3.51. The first kappa shape index (κ1) is 14.5. The molecule has 2 rings (SSSR count). The molecular formula is C15H14ClFN2O. The van der Waals surface area contributed by atoms with Crippen LogP contribution in [-0.2, 0) is 4.79 Å². The van der Waals surface area contributed by atoms with Crippen LogP contribution < -0.4 is 11.1 Å². The van der Waals surface area contributed by atoms with Gasteiger partial charge in [-0.2, -0.15) is 0 Å². The molecule has 5 heteroatoms. The first-order valence-electron chi connectivity index (χ1n) is 6.11. The Balaban J connectivity index is 1.99.